The van der Waals surface area contributed by atoms with Crippen molar-refractivity contribution in [1.82, 2.24) is 10.2 Å². The van der Waals surface area contributed by atoms with Gasteiger partial charge in [0.25, 0.3) is 5.78 Å². The molecule has 8 nitrogen and oxygen atoms in total. The van der Waals surface area contributed by atoms with Gasteiger partial charge in [0.2, 0.25) is 5.13 Å². The minimum Gasteiger partial charge on any atom is -0.507 e. The number of aliphatic hydroxyl groups is 1. The Balaban J connectivity index is 1.53. The lowest BCUT2D eigenvalue weighted by atomic mass is 9.95. The molecule has 0 radical (unpaired) electrons. The van der Waals surface area contributed by atoms with E-state index in [1.807, 2.05) is 19.1 Å². The molecule has 1 aliphatic heterocycles. The lowest BCUT2D eigenvalue weighted by Gasteiger charge is -2.23. The van der Waals surface area contributed by atoms with Gasteiger partial charge in [-0.15, -0.1) is 10.2 Å². The number of ketones is 1. The number of anilines is 1. The van der Waals surface area contributed by atoms with Crippen LogP contribution in [-0.4, -0.2) is 40.7 Å². The number of aryl methyl sites for hydroxylation is 1. The van der Waals surface area contributed by atoms with Crippen LogP contribution in [0.2, 0.25) is 0 Å². The molecule has 1 atom stereocenters. The molecule has 1 unspecified atom stereocenters. The van der Waals surface area contributed by atoms with E-state index >= 15 is 0 Å². The summed E-state index contributed by atoms with van der Waals surface area (Å²) in [6.07, 6.45) is 3.01. The van der Waals surface area contributed by atoms with E-state index in [4.69, 9.17) is 9.47 Å². The van der Waals surface area contributed by atoms with E-state index in [0.717, 1.165) is 41.7 Å². The number of aliphatic hydroxyl groups excluding tert-OH is 1. The summed E-state index contributed by atoms with van der Waals surface area (Å²) in [5.41, 5.74) is 2.77. The maximum atomic E-state index is 13.6. The summed E-state index contributed by atoms with van der Waals surface area (Å²) in [6.45, 7) is 4.56. The van der Waals surface area contributed by atoms with Crippen molar-refractivity contribution >= 4 is 45.7 Å². The number of hydrogen-bond acceptors (Lipinski definition) is 9. The first kappa shape index (κ1) is 31.2. The highest BCUT2D eigenvalue weighted by Gasteiger charge is 2.48. The SMILES string of the molecule is CCCCCOc1ccc(C2/C(=C(/O)c3ccc(C)cc3)C(=O)C(=O)N2c2nnc(SCc3ccc(F)cc3)s2)cc1OC. The largest absolute Gasteiger partial charge is 0.507 e. The summed E-state index contributed by atoms with van der Waals surface area (Å²) in [6, 6.07) is 17.5. The van der Waals surface area contributed by atoms with E-state index in [1.165, 1.54) is 35.9 Å². The van der Waals surface area contributed by atoms with Gasteiger partial charge >= 0.3 is 5.91 Å². The van der Waals surface area contributed by atoms with E-state index in [1.54, 1.807) is 42.5 Å². The van der Waals surface area contributed by atoms with Crippen molar-refractivity contribution in [3.05, 3.63) is 100 Å². The number of amides is 1. The number of benzene rings is 3. The Labute approximate surface area is 263 Å². The third kappa shape index (κ3) is 6.79. The van der Waals surface area contributed by atoms with Crippen molar-refractivity contribution in [2.45, 2.75) is 49.2 Å². The molecule has 44 heavy (non-hydrogen) atoms. The van der Waals surface area contributed by atoms with Gasteiger partial charge in [-0.2, -0.15) is 0 Å². The molecule has 1 amide bonds. The molecule has 1 saturated heterocycles. The number of rotatable bonds is 12. The van der Waals surface area contributed by atoms with Gasteiger partial charge in [-0.05, 0) is 48.7 Å². The Hall–Kier alpha value is -4.22. The van der Waals surface area contributed by atoms with Crippen molar-refractivity contribution in [2.24, 2.45) is 0 Å². The van der Waals surface area contributed by atoms with Crippen molar-refractivity contribution in [1.29, 1.82) is 0 Å². The zero-order chi connectivity index (χ0) is 31.2. The van der Waals surface area contributed by atoms with Gasteiger partial charge in [0.05, 0.1) is 25.3 Å². The second-order valence-electron chi connectivity index (χ2n) is 10.3. The Kier molecular flexibility index (Phi) is 9.96. The first-order valence-electron chi connectivity index (χ1n) is 14.2. The van der Waals surface area contributed by atoms with Gasteiger partial charge in [-0.3, -0.25) is 14.5 Å². The van der Waals surface area contributed by atoms with Crippen LogP contribution in [0.3, 0.4) is 0 Å². The van der Waals surface area contributed by atoms with Crippen molar-refractivity contribution in [3.63, 3.8) is 0 Å². The maximum absolute atomic E-state index is 13.6. The van der Waals surface area contributed by atoms with E-state index in [2.05, 4.69) is 17.1 Å². The Morgan fingerprint density at radius 3 is 2.48 bits per heavy atom. The highest BCUT2D eigenvalue weighted by atomic mass is 32.2. The predicted octanol–water partition coefficient (Wildman–Crippen LogP) is 7.48. The smallest absolute Gasteiger partial charge is 0.301 e. The first-order valence-corrected chi connectivity index (χ1v) is 16.0. The molecular weight excluding hydrogens is 602 g/mol. The highest BCUT2D eigenvalue weighted by Crippen LogP contribution is 2.45. The average Bonchev–Trinajstić information content (AvgIpc) is 3.60. The minimum absolute atomic E-state index is 0.0618. The van der Waals surface area contributed by atoms with E-state index < -0.39 is 17.7 Å². The summed E-state index contributed by atoms with van der Waals surface area (Å²) in [7, 11) is 1.52. The molecule has 1 aromatic heterocycles. The summed E-state index contributed by atoms with van der Waals surface area (Å²) < 4.78 is 25.5. The monoisotopic (exact) mass is 633 g/mol. The standard InChI is InChI=1S/C33H32FN3O5S2/c1-4-5-6-17-42-25-16-13-23(18-26(25)41-3)28-27(29(38)22-11-7-20(2)8-12-22)30(39)31(40)37(28)32-35-36-33(44-32)43-19-21-9-14-24(34)15-10-21/h7-16,18,28,38H,4-6,17,19H2,1-3H3/b29-27-. The topological polar surface area (TPSA) is 102 Å². The molecule has 1 N–H and O–H groups in total. The van der Waals surface area contributed by atoms with Gasteiger partial charge in [-0.1, -0.05) is 90.9 Å². The van der Waals surface area contributed by atoms with Crippen LogP contribution in [0, 0.1) is 12.7 Å². The quantitative estimate of drug-likeness (QED) is 0.0428. The number of nitrogens with zero attached hydrogens (tertiary/aromatic N) is 3. The van der Waals surface area contributed by atoms with Crippen LogP contribution >= 0.6 is 23.1 Å². The van der Waals surface area contributed by atoms with Crippen LogP contribution in [0.1, 0.15) is 54.5 Å². The molecule has 0 spiro atoms. The minimum atomic E-state index is -0.998. The van der Waals surface area contributed by atoms with Gasteiger partial charge in [0, 0.05) is 11.3 Å². The van der Waals surface area contributed by atoms with Crippen molar-refractivity contribution in [2.75, 3.05) is 18.6 Å². The summed E-state index contributed by atoms with van der Waals surface area (Å²) in [5, 5.41) is 20.2. The van der Waals surface area contributed by atoms with Gasteiger partial charge < -0.3 is 14.6 Å². The maximum Gasteiger partial charge on any atom is 0.301 e. The average molecular weight is 634 g/mol. The van der Waals surface area contributed by atoms with E-state index in [0.29, 0.717) is 39.3 Å². The number of thioether (sulfide) groups is 1. The molecule has 2 heterocycles. The van der Waals surface area contributed by atoms with Gasteiger partial charge in [0.1, 0.15) is 11.6 Å². The molecule has 0 saturated carbocycles. The Morgan fingerprint density at radius 1 is 1.02 bits per heavy atom. The summed E-state index contributed by atoms with van der Waals surface area (Å²) in [4.78, 5) is 28.5. The van der Waals surface area contributed by atoms with Crippen molar-refractivity contribution in [3.8, 4) is 11.5 Å². The highest BCUT2D eigenvalue weighted by molar-refractivity contribution is 8.00. The number of unbranched alkanes of at least 4 members (excludes halogenated alkanes) is 2. The third-order valence-corrected chi connectivity index (χ3v) is 9.28. The molecule has 0 bridgehead atoms. The molecule has 0 aliphatic carbocycles. The van der Waals surface area contributed by atoms with Crippen LogP contribution in [0.25, 0.3) is 5.76 Å². The molecule has 3 aromatic carbocycles. The van der Waals surface area contributed by atoms with Gasteiger partial charge in [-0.25, -0.2) is 4.39 Å². The van der Waals surface area contributed by atoms with Crippen LogP contribution in [0.15, 0.2) is 76.6 Å². The number of carbonyl (C=O) groups is 2. The molecular formula is C33H32FN3O5S2. The third-order valence-electron chi connectivity index (χ3n) is 7.16. The van der Waals surface area contributed by atoms with Crippen LogP contribution in [-0.2, 0) is 15.3 Å². The molecule has 11 heteroatoms. The molecule has 1 fully saturated rings. The molecule has 4 aromatic rings. The van der Waals surface area contributed by atoms with Crippen LogP contribution < -0.4 is 14.4 Å². The zero-order valence-corrected chi connectivity index (χ0v) is 26.2. The number of halogens is 1. The predicted molar refractivity (Wildman–Crippen MR) is 170 cm³/mol. The van der Waals surface area contributed by atoms with Crippen molar-refractivity contribution < 1.29 is 28.6 Å². The number of ether oxygens (including phenoxy) is 2. The lowest BCUT2D eigenvalue weighted by molar-refractivity contribution is -0.132. The lowest BCUT2D eigenvalue weighted by Crippen LogP contribution is -2.29. The molecule has 228 valence electrons. The first-order chi connectivity index (χ1) is 21.3. The fraction of sp³-hybridized carbons (Fsp3) is 0.273. The second-order valence-corrected chi connectivity index (χ2v) is 12.4. The number of aromatic nitrogens is 2. The van der Waals surface area contributed by atoms with Crippen LogP contribution in [0.5, 0.6) is 11.5 Å². The zero-order valence-electron chi connectivity index (χ0n) is 24.6. The summed E-state index contributed by atoms with van der Waals surface area (Å²) >= 11 is 2.54. The van der Waals surface area contributed by atoms with E-state index in [-0.39, 0.29) is 22.3 Å². The normalized spacial score (nSPS) is 16.0. The molecule has 1 aliphatic rings. The summed E-state index contributed by atoms with van der Waals surface area (Å²) in [5.74, 6) is -0.764. The Morgan fingerprint density at radius 2 is 1.77 bits per heavy atom. The number of carbonyl (C=O) groups excluding carboxylic acids is 2. The van der Waals surface area contributed by atoms with Gasteiger partial charge in [0.15, 0.2) is 15.8 Å². The fourth-order valence-electron chi connectivity index (χ4n) is 4.80. The van der Waals surface area contributed by atoms with Crippen LogP contribution in [0.4, 0.5) is 9.52 Å². The fourth-order valence-corrected chi connectivity index (χ4v) is 6.63. The second kappa shape index (κ2) is 14.0. The number of hydrogen-bond donors (Lipinski definition) is 1. The number of Topliss-reactive ketones (excluding diaryl/α,β-unsaturated/α-hetero) is 1. The molecule has 5 rings (SSSR count). The van der Waals surface area contributed by atoms with E-state index in [9.17, 15) is 19.1 Å². The number of methoxy groups -OCH3 is 1. The Bertz CT molecular complexity index is 1670.